The molecule has 0 bridgehead atoms. The Morgan fingerprint density at radius 1 is 0.400 bits per heavy atom. The Hall–Kier alpha value is -0.0400. The minimum atomic E-state index is 0.848. The van der Waals surface area contributed by atoms with Gasteiger partial charge in [0.05, 0.1) is 0 Å². The van der Waals surface area contributed by atoms with Crippen molar-refractivity contribution >= 4 is 0 Å². The van der Waals surface area contributed by atoms with E-state index < -0.39 is 0 Å². The predicted octanol–water partition coefficient (Wildman–Crippen LogP) is 7.25. The highest BCUT2D eigenvalue weighted by molar-refractivity contribution is 4.89. The zero-order chi connectivity index (χ0) is 17.2. The van der Waals surface area contributed by atoms with Gasteiger partial charge < -0.3 is 5.32 Å². The first-order chi connectivity index (χ1) is 12.4. The molecule has 0 spiro atoms. The normalized spacial score (nSPS) is 35.3. The Morgan fingerprint density at radius 2 is 0.840 bits per heavy atom. The maximum atomic E-state index is 4.17. The molecule has 3 atom stereocenters. The van der Waals surface area contributed by atoms with Gasteiger partial charge in [0.2, 0.25) is 0 Å². The average molecular weight is 348 g/mol. The zero-order valence-electron chi connectivity index (χ0n) is 17.0. The molecule has 1 nitrogen and oxygen atoms in total. The highest BCUT2D eigenvalue weighted by Gasteiger charge is 2.34. The molecule has 2 aliphatic carbocycles. The summed E-state index contributed by atoms with van der Waals surface area (Å²) in [5.41, 5.74) is 0. The number of nitrogens with one attached hydrogen (secondary N) is 1. The molecule has 3 aliphatic rings. The third kappa shape index (κ3) is 6.56. The van der Waals surface area contributed by atoms with Crippen LogP contribution in [0.3, 0.4) is 0 Å². The summed E-state index contributed by atoms with van der Waals surface area (Å²) in [7, 11) is 0. The van der Waals surface area contributed by atoms with Crippen molar-refractivity contribution in [3.8, 4) is 0 Å². The van der Waals surface area contributed by atoms with Crippen molar-refractivity contribution in [1.82, 2.24) is 5.32 Å². The zero-order valence-corrected chi connectivity index (χ0v) is 17.0. The molecule has 146 valence electrons. The highest BCUT2D eigenvalue weighted by Crippen LogP contribution is 2.39. The molecule has 3 rings (SSSR count). The van der Waals surface area contributed by atoms with E-state index >= 15 is 0 Å². The summed E-state index contributed by atoms with van der Waals surface area (Å²) >= 11 is 0. The smallest absolute Gasteiger partial charge is 0.0126 e. The van der Waals surface area contributed by atoms with E-state index in [0.29, 0.717) is 0 Å². The monoisotopic (exact) mass is 347 g/mol. The standard InChI is InChI=1S/C24H45N/c1-3-9-15-21(16-10-4-1)23-19-13-7-6-12-18-22-17-11-5-2-8-14-20-25-24(22)23/h21-25H,1-20H2. The lowest BCUT2D eigenvalue weighted by Crippen LogP contribution is -2.46. The summed E-state index contributed by atoms with van der Waals surface area (Å²) in [6.45, 7) is 1.30. The van der Waals surface area contributed by atoms with E-state index in [-0.39, 0.29) is 0 Å². The lowest BCUT2D eigenvalue weighted by atomic mass is 9.71. The van der Waals surface area contributed by atoms with Crippen LogP contribution >= 0.6 is 0 Å². The van der Waals surface area contributed by atoms with Gasteiger partial charge in [-0.3, -0.25) is 0 Å². The van der Waals surface area contributed by atoms with E-state index in [1.165, 1.54) is 129 Å². The second-order valence-corrected chi connectivity index (χ2v) is 9.56. The topological polar surface area (TPSA) is 12.0 Å². The van der Waals surface area contributed by atoms with Gasteiger partial charge in [-0.15, -0.1) is 0 Å². The van der Waals surface area contributed by atoms with Crippen molar-refractivity contribution in [1.29, 1.82) is 0 Å². The van der Waals surface area contributed by atoms with Gasteiger partial charge in [0.15, 0.2) is 0 Å². The van der Waals surface area contributed by atoms with Crippen LogP contribution in [0, 0.1) is 17.8 Å². The Morgan fingerprint density at radius 3 is 1.44 bits per heavy atom. The van der Waals surface area contributed by atoms with Gasteiger partial charge in [-0.05, 0) is 50.0 Å². The number of hydrogen-bond donors (Lipinski definition) is 1. The van der Waals surface area contributed by atoms with Crippen molar-refractivity contribution in [2.75, 3.05) is 6.54 Å². The molecule has 0 radical (unpaired) electrons. The van der Waals surface area contributed by atoms with E-state index in [1.807, 2.05) is 0 Å². The second kappa shape index (κ2) is 11.6. The number of rotatable bonds is 1. The molecule has 0 amide bonds. The molecule has 0 aromatic rings. The lowest BCUT2D eigenvalue weighted by molar-refractivity contribution is 0.141. The first-order valence-electron chi connectivity index (χ1n) is 12.2. The van der Waals surface area contributed by atoms with Crippen molar-refractivity contribution in [2.24, 2.45) is 17.8 Å². The lowest BCUT2D eigenvalue weighted by Gasteiger charge is -2.40. The molecule has 1 N–H and O–H groups in total. The molecular formula is C24H45N. The summed E-state index contributed by atoms with van der Waals surface area (Å²) in [5, 5.41) is 4.17. The van der Waals surface area contributed by atoms with Crippen LogP contribution in [-0.2, 0) is 0 Å². The van der Waals surface area contributed by atoms with Gasteiger partial charge >= 0.3 is 0 Å². The third-order valence-electron chi connectivity index (χ3n) is 7.72. The number of hydrogen-bond acceptors (Lipinski definition) is 1. The third-order valence-corrected chi connectivity index (χ3v) is 7.72. The van der Waals surface area contributed by atoms with Crippen LogP contribution in [0.4, 0.5) is 0 Å². The first-order valence-corrected chi connectivity index (χ1v) is 12.2. The largest absolute Gasteiger partial charge is 0.313 e. The SMILES string of the molecule is C1CCCC(C2CCCCCCC3CCCCCCCNC32)CCC1. The molecule has 1 saturated heterocycles. The first kappa shape index (κ1) is 19.7. The Labute approximate surface area is 158 Å². The van der Waals surface area contributed by atoms with Gasteiger partial charge in [-0.25, -0.2) is 0 Å². The fourth-order valence-electron chi connectivity index (χ4n) is 6.27. The van der Waals surface area contributed by atoms with Gasteiger partial charge in [-0.1, -0.05) is 96.3 Å². The van der Waals surface area contributed by atoms with Crippen molar-refractivity contribution in [2.45, 2.75) is 128 Å². The van der Waals surface area contributed by atoms with Crippen LogP contribution in [-0.4, -0.2) is 12.6 Å². The van der Waals surface area contributed by atoms with Crippen molar-refractivity contribution < 1.29 is 0 Å². The van der Waals surface area contributed by atoms with Gasteiger partial charge in [-0.2, -0.15) is 0 Å². The van der Waals surface area contributed by atoms with E-state index in [0.717, 1.165) is 23.8 Å². The molecule has 1 aliphatic heterocycles. The fraction of sp³-hybridized carbons (Fsp3) is 1.00. The summed E-state index contributed by atoms with van der Waals surface area (Å²) in [5.74, 6) is 2.99. The summed E-state index contributed by atoms with van der Waals surface area (Å²) in [6.07, 6.45) is 28.5. The molecule has 0 aromatic heterocycles. The fourth-order valence-corrected chi connectivity index (χ4v) is 6.27. The van der Waals surface area contributed by atoms with Crippen molar-refractivity contribution in [3.05, 3.63) is 0 Å². The Balaban J connectivity index is 1.73. The van der Waals surface area contributed by atoms with E-state index in [1.54, 1.807) is 0 Å². The summed E-state index contributed by atoms with van der Waals surface area (Å²) in [4.78, 5) is 0. The second-order valence-electron chi connectivity index (χ2n) is 9.56. The van der Waals surface area contributed by atoms with E-state index in [2.05, 4.69) is 5.32 Å². The van der Waals surface area contributed by atoms with Gasteiger partial charge in [0, 0.05) is 6.04 Å². The van der Waals surface area contributed by atoms with Gasteiger partial charge in [0.25, 0.3) is 0 Å². The van der Waals surface area contributed by atoms with Crippen LogP contribution in [0.25, 0.3) is 0 Å². The molecule has 25 heavy (non-hydrogen) atoms. The maximum Gasteiger partial charge on any atom is 0.0126 e. The van der Waals surface area contributed by atoms with E-state index in [9.17, 15) is 0 Å². The quantitative estimate of drug-likeness (QED) is 0.527. The Kier molecular flexibility index (Phi) is 9.17. The van der Waals surface area contributed by atoms with Crippen LogP contribution in [0.5, 0.6) is 0 Å². The highest BCUT2D eigenvalue weighted by atomic mass is 14.9. The molecule has 0 aromatic carbocycles. The maximum absolute atomic E-state index is 4.17. The van der Waals surface area contributed by atoms with Crippen LogP contribution in [0.2, 0.25) is 0 Å². The summed E-state index contributed by atoms with van der Waals surface area (Å²) < 4.78 is 0. The molecule has 3 unspecified atom stereocenters. The molecular weight excluding hydrogens is 302 g/mol. The minimum absolute atomic E-state index is 0.848. The minimum Gasteiger partial charge on any atom is -0.313 e. The van der Waals surface area contributed by atoms with Crippen LogP contribution in [0.1, 0.15) is 122 Å². The predicted molar refractivity (Wildman–Crippen MR) is 110 cm³/mol. The van der Waals surface area contributed by atoms with Crippen LogP contribution < -0.4 is 5.32 Å². The Bertz CT molecular complexity index is 331. The average Bonchev–Trinajstić information content (AvgIpc) is 2.69. The van der Waals surface area contributed by atoms with E-state index in [4.69, 9.17) is 0 Å². The van der Waals surface area contributed by atoms with Gasteiger partial charge in [0.1, 0.15) is 0 Å². The number of fused-ring (bicyclic) bond motifs is 1. The van der Waals surface area contributed by atoms with Crippen LogP contribution in [0.15, 0.2) is 0 Å². The molecule has 1 heterocycles. The molecule has 3 fully saturated rings. The van der Waals surface area contributed by atoms with Crippen molar-refractivity contribution in [3.63, 3.8) is 0 Å². The summed E-state index contributed by atoms with van der Waals surface area (Å²) in [6, 6.07) is 0.848. The molecule has 1 heteroatoms. The molecule has 2 saturated carbocycles.